The van der Waals surface area contributed by atoms with Gasteiger partial charge in [-0.05, 0) is 73.9 Å². The number of hydrogen-bond donors (Lipinski definition) is 1. The molecular weight excluding hydrogens is 470 g/mol. The van der Waals surface area contributed by atoms with Crippen molar-refractivity contribution in [3.8, 4) is 17.2 Å². The minimum atomic E-state index is -0.782. The zero-order valence-corrected chi connectivity index (χ0v) is 20.6. The lowest BCUT2D eigenvalue weighted by Gasteiger charge is -2.27. The molecule has 0 aromatic heterocycles. The van der Waals surface area contributed by atoms with Gasteiger partial charge in [0.05, 0.1) is 24.3 Å². The maximum absolute atomic E-state index is 13.3. The van der Waals surface area contributed by atoms with Crippen LogP contribution in [-0.4, -0.2) is 47.6 Å². The number of hydrogen-bond acceptors (Lipinski definition) is 6. The molecule has 0 saturated carbocycles. The number of aliphatic hydroxyl groups is 1. The van der Waals surface area contributed by atoms with Crippen LogP contribution in [0, 0.1) is 0 Å². The number of carbonyl (C=O) groups is 2. The summed E-state index contributed by atoms with van der Waals surface area (Å²) in [6.07, 6.45) is 1.56. The summed E-state index contributed by atoms with van der Waals surface area (Å²) in [5.41, 5.74) is 1.14. The van der Waals surface area contributed by atoms with Gasteiger partial charge >= 0.3 is 0 Å². The Morgan fingerprint density at radius 2 is 1.73 bits per heavy atom. The summed E-state index contributed by atoms with van der Waals surface area (Å²) in [5.74, 6) is 0.289. The molecular formula is C30H29NO6. The van der Waals surface area contributed by atoms with Crippen LogP contribution in [0.2, 0.25) is 0 Å². The monoisotopic (exact) mass is 499 g/mol. The van der Waals surface area contributed by atoms with Crippen LogP contribution in [0.5, 0.6) is 17.2 Å². The lowest BCUT2D eigenvalue weighted by atomic mass is 9.95. The molecule has 2 fully saturated rings. The van der Waals surface area contributed by atoms with Gasteiger partial charge in [-0.2, -0.15) is 0 Å². The normalized spacial score (nSPS) is 20.8. The molecule has 2 aliphatic rings. The van der Waals surface area contributed by atoms with Gasteiger partial charge in [-0.1, -0.05) is 30.3 Å². The van der Waals surface area contributed by atoms with Crippen molar-refractivity contribution in [2.24, 2.45) is 0 Å². The van der Waals surface area contributed by atoms with Gasteiger partial charge in [0.25, 0.3) is 11.7 Å². The number of ether oxygens (including phenoxy) is 3. The van der Waals surface area contributed by atoms with Crippen LogP contribution in [0.3, 0.4) is 0 Å². The molecule has 7 heteroatoms. The number of aliphatic hydroxyl groups excluding tert-OH is 1. The van der Waals surface area contributed by atoms with E-state index >= 15 is 0 Å². The van der Waals surface area contributed by atoms with E-state index in [0.717, 1.165) is 12.8 Å². The van der Waals surface area contributed by atoms with Gasteiger partial charge in [0, 0.05) is 18.7 Å². The molecule has 0 spiro atoms. The number of carbonyl (C=O) groups excluding carboxylic acids is 2. The maximum atomic E-state index is 13.3. The molecule has 5 rings (SSSR count). The average molecular weight is 500 g/mol. The number of rotatable bonds is 8. The van der Waals surface area contributed by atoms with E-state index in [1.807, 2.05) is 55.5 Å². The van der Waals surface area contributed by atoms with Crippen molar-refractivity contribution in [2.75, 3.05) is 19.8 Å². The smallest absolute Gasteiger partial charge is 0.295 e. The van der Waals surface area contributed by atoms with Crippen molar-refractivity contribution in [1.29, 1.82) is 0 Å². The number of amides is 1. The van der Waals surface area contributed by atoms with E-state index in [0.29, 0.717) is 41.6 Å². The predicted molar refractivity (Wildman–Crippen MR) is 139 cm³/mol. The quantitative estimate of drug-likeness (QED) is 0.251. The molecule has 1 N–H and O–H groups in total. The third-order valence-electron chi connectivity index (χ3n) is 6.56. The number of benzene rings is 3. The van der Waals surface area contributed by atoms with Crippen LogP contribution in [0.1, 0.15) is 36.9 Å². The van der Waals surface area contributed by atoms with Gasteiger partial charge in [-0.3, -0.25) is 9.59 Å². The Labute approximate surface area is 215 Å². The van der Waals surface area contributed by atoms with Gasteiger partial charge in [-0.25, -0.2) is 0 Å². The summed E-state index contributed by atoms with van der Waals surface area (Å²) >= 11 is 0. The van der Waals surface area contributed by atoms with Gasteiger partial charge in [0.2, 0.25) is 0 Å². The van der Waals surface area contributed by atoms with Crippen molar-refractivity contribution in [3.63, 3.8) is 0 Å². The second-order valence-corrected chi connectivity index (χ2v) is 9.03. The second kappa shape index (κ2) is 10.9. The first kappa shape index (κ1) is 24.6. The Balaban J connectivity index is 1.56. The molecule has 190 valence electrons. The summed E-state index contributed by atoms with van der Waals surface area (Å²) in [6.45, 7) is 3.30. The molecule has 2 saturated heterocycles. The molecule has 2 aliphatic heterocycles. The zero-order valence-electron chi connectivity index (χ0n) is 20.6. The molecule has 2 unspecified atom stereocenters. The highest BCUT2D eigenvalue weighted by Crippen LogP contribution is 2.41. The standard InChI is InChI=1S/C30H29NO6/c1-2-35-22-15-13-20(14-16-22)28(32)26-27(31(30(34)29(26)33)19-25-12-7-17-36-25)21-8-6-11-24(18-21)37-23-9-4-3-5-10-23/h3-6,8-11,13-16,18,25,27,32H,2,7,12,17,19H2,1H3. The lowest BCUT2D eigenvalue weighted by molar-refractivity contribution is -0.140. The van der Waals surface area contributed by atoms with E-state index in [9.17, 15) is 14.7 Å². The van der Waals surface area contributed by atoms with Gasteiger partial charge < -0.3 is 24.2 Å². The fourth-order valence-corrected chi connectivity index (χ4v) is 4.83. The van der Waals surface area contributed by atoms with Crippen LogP contribution >= 0.6 is 0 Å². The fourth-order valence-electron chi connectivity index (χ4n) is 4.83. The first-order valence-corrected chi connectivity index (χ1v) is 12.5. The molecule has 0 aliphatic carbocycles. The van der Waals surface area contributed by atoms with Gasteiger partial charge in [0.1, 0.15) is 23.0 Å². The van der Waals surface area contributed by atoms with Crippen molar-refractivity contribution in [2.45, 2.75) is 31.9 Å². The molecule has 0 radical (unpaired) electrons. The van der Waals surface area contributed by atoms with Crippen molar-refractivity contribution < 1.29 is 28.9 Å². The highest BCUT2D eigenvalue weighted by molar-refractivity contribution is 6.46. The average Bonchev–Trinajstić information content (AvgIpc) is 3.52. The summed E-state index contributed by atoms with van der Waals surface area (Å²) in [6, 6.07) is 22.7. The van der Waals surface area contributed by atoms with Crippen LogP contribution in [0.15, 0.2) is 84.4 Å². The van der Waals surface area contributed by atoms with Crippen LogP contribution < -0.4 is 9.47 Å². The maximum Gasteiger partial charge on any atom is 0.295 e. The van der Waals surface area contributed by atoms with Gasteiger partial charge in [0.15, 0.2) is 0 Å². The molecule has 2 heterocycles. The number of nitrogens with zero attached hydrogens (tertiary/aromatic N) is 1. The fraction of sp³-hybridized carbons (Fsp3) is 0.267. The largest absolute Gasteiger partial charge is 0.507 e. The van der Waals surface area contributed by atoms with E-state index in [1.54, 1.807) is 30.3 Å². The molecule has 7 nitrogen and oxygen atoms in total. The first-order valence-electron chi connectivity index (χ1n) is 12.5. The topological polar surface area (TPSA) is 85.3 Å². The zero-order chi connectivity index (χ0) is 25.8. The van der Waals surface area contributed by atoms with E-state index in [1.165, 1.54) is 4.90 Å². The van der Waals surface area contributed by atoms with E-state index < -0.39 is 17.7 Å². The summed E-state index contributed by atoms with van der Waals surface area (Å²) in [4.78, 5) is 28.1. The molecule has 3 aromatic rings. The van der Waals surface area contributed by atoms with Crippen molar-refractivity contribution >= 4 is 17.4 Å². The van der Waals surface area contributed by atoms with Gasteiger partial charge in [-0.15, -0.1) is 0 Å². The van der Waals surface area contributed by atoms with Crippen LogP contribution in [-0.2, 0) is 14.3 Å². The number of Topliss-reactive ketones (excluding diaryl/α,β-unsaturated/α-hetero) is 1. The minimum absolute atomic E-state index is 0.0454. The Hall–Kier alpha value is -4.10. The third kappa shape index (κ3) is 5.22. The Bertz CT molecular complexity index is 1300. The minimum Gasteiger partial charge on any atom is -0.507 e. The Morgan fingerprint density at radius 3 is 2.43 bits per heavy atom. The molecule has 2 atom stereocenters. The van der Waals surface area contributed by atoms with E-state index in [2.05, 4.69) is 0 Å². The van der Waals surface area contributed by atoms with Crippen LogP contribution in [0.4, 0.5) is 0 Å². The Morgan fingerprint density at radius 1 is 0.973 bits per heavy atom. The predicted octanol–water partition coefficient (Wildman–Crippen LogP) is 5.48. The lowest BCUT2D eigenvalue weighted by Crippen LogP contribution is -2.36. The first-order chi connectivity index (χ1) is 18.0. The van der Waals surface area contributed by atoms with Crippen molar-refractivity contribution in [3.05, 3.63) is 95.6 Å². The number of ketones is 1. The summed E-state index contributed by atoms with van der Waals surface area (Å²) < 4.78 is 17.3. The van der Waals surface area contributed by atoms with E-state index in [-0.39, 0.29) is 24.0 Å². The van der Waals surface area contributed by atoms with Crippen LogP contribution in [0.25, 0.3) is 5.76 Å². The molecule has 37 heavy (non-hydrogen) atoms. The molecule has 1 amide bonds. The van der Waals surface area contributed by atoms with Crippen molar-refractivity contribution in [1.82, 2.24) is 4.90 Å². The third-order valence-corrected chi connectivity index (χ3v) is 6.56. The summed E-state index contributed by atoms with van der Waals surface area (Å²) in [5, 5.41) is 11.3. The molecule has 3 aromatic carbocycles. The number of para-hydroxylation sites is 1. The molecule has 0 bridgehead atoms. The Kier molecular flexibility index (Phi) is 7.23. The van der Waals surface area contributed by atoms with E-state index in [4.69, 9.17) is 14.2 Å². The second-order valence-electron chi connectivity index (χ2n) is 9.03. The SMILES string of the molecule is CCOc1ccc(C(O)=C2C(=O)C(=O)N(CC3CCCO3)C2c2cccc(Oc3ccccc3)c2)cc1. The highest BCUT2D eigenvalue weighted by Gasteiger charge is 2.47. The number of likely N-dealkylation sites (tertiary alicyclic amines) is 1. The highest BCUT2D eigenvalue weighted by atomic mass is 16.5. The summed E-state index contributed by atoms with van der Waals surface area (Å²) in [7, 11) is 0.